The standard InChI is InChI=1S/C13H15N5O3/c1-20-11-4-3-10(5-12(11)21-2)6-15-17-13(19)7-18-9-14-8-16-18/h3-6,8-9H,7H2,1-2H3,(H,17,19). The van der Waals surface area contributed by atoms with Crippen molar-refractivity contribution in [2.75, 3.05) is 14.2 Å². The van der Waals surface area contributed by atoms with Crippen LogP contribution < -0.4 is 14.9 Å². The first-order chi connectivity index (χ1) is 10.2. The van der Waals surface area contributed by atoms with Crippen LogP contribution in [-0.4, -0.2) is 41.1 Å². The number of nitrogens with one attached hydrogen (secondary N) is 1. The van der Waals surface area contributed by atoms with E-state index in [1.165, 1.54) is 23.6 Å². The molecule has 2 rings (SSSR count). The van der Waals surface area contributed by atoms with Crippen molar-refractivity contribution < 1.29 is 14.3 Å². The summed E-state index contributed by atoms with van der Waals surface area (Å²) in [6.07, 6.45) is 4.33. The van der Waals surface area contributed by atoms with E-state index in [9.17, 15) is 4.79 Å². The average Bonchev–Trinajstić information content (AvgIpc) is 2.99. The molecule has 0 spiro atoms. The van der Waals surface area contributed by atoms with Gasteiger partial charge < -0.3 is 9.47 Å². The molecule has 0 saturated carbocycles. The lowest BCUT2D eigenvalue weighted by Crippen LogP contribution is -2.23. The number of hydrogen-bond donors (Lipinski definition) is 1. The lowest BCUT2D eigenvalue weighted by molar-refractivity contribution is -0.121. The average molecular weight is 289 g/mol. The summed E-state index contributed by atoms with van der Waals surface area (Å²) >= 11 is 0. The van der Waals surface area contributed by atoms with E-state index >= 15 is 0 Å². The molecule has 0 fully saturated rings. The molecule has 1 amide bonds. The van der Waals surface area contributed by atoms with Gasteiger partial charge in [-0.1, -0.05) is 0 Å². The molecule has 1 aromatic carbocycles. The zero-order valence-corrected chi connectivity index (χ0v) is 11.7. The number of ether oxygens (including phenoxy) is 2. The van der Waals surface area contributed by atoms with Gasteiger partial charge >= 0.3 is 0 Å². The van der Waals surface area contributed by atoms with Gasteiger partial charge in [-0.3, -0.25) is 4.79 Å². The Morgan fingerprint density at radius 1 is 1.38 bits per heavy atom. The fourth-order valence-corrected chi connectivity index (χ4v) is 1.61. The zero-order valence-electron chi connectivity index (χ0n) is 11.7. The highest BCUT2D eigenvalue weighted by Gasteiger charge is 2.04. The van der Waals surface area contributed by atoms with E-state index in [0.717, 1.165) is 5.56 Å². The van der Waals surface area contributed by atoms with Crippen molar-refractivity contribution in [2.24, 2.45) is 5.10 Å². The zero-order chi connectivity index (χ0) is 15.1. The molecule has 0 saturated heterocycles. The second-order valence-electron chi connectivity index (χ2n) is 4.00. The molecule has 2 aromatic rings. The molecule has 110 valence electrons. The smallest absolute Gasteiger partial charge is 0.261 e. The molecule has 0 aliphatic carbocycles. The van der Waals surface area contributed by atoms with E-state index in [0.29, 0.717) is 11.5 Å². The lowest BCUT2D eigenvalue weighted by Gasteiger charge is -2.07. The molecule has 8 heteroatoms. The second kappa shape index (κ2) is 7.04. The summed E-state index contributed by atoms with van der Waals surface area (Å²) in [5.41, 5.74) is 3.18. The Morgan fingerprint density at radius 2 is 2.19 bits per heavy atom. The van der Waals surface area contributed by atoms with Gasteiger partial charge in [0.15, 0.2) is 11.5 Å². The molecule has 0 radical (unpaired) electrons. The molecule has 1 heterocycles. The number of rotatable bonds is 6. The van der Waals surface area contributed by atoms with Crippen molar-refractivity contribution in [3.05, 3.63) is 36.4 Å². The van der Waals surface area contributed by atoms with E-state index in [-0.39, 0.29) is 12.5 Å². The van der Waals surface area contributed by atoms with Crippen LogP contribution in [0.25, 0.3) is 0 Å². The van der Waals surface area contributed by atoms with Crippen LogP contribution in [0.2, 0.25) is 0 Å². The van der Waals surface area contributed by atoms with Crippen LogP contribution in [0.1, 0.15) is 5.56 Å². The van der Waals surface area contributed by atoms with Gasteiger partial charge in [-0.05, 0) is 23.8 Å². The van der Waals surface area contributed by atoms with Crippen LogP contribution in [0.3, 0.4) is 0 Å². The lowest BCUT2D eigenvalue weighted by atomic mass is 10.2. The number of hydrogen-bond acceptors (Lipinski definition) is 6. The van der Waals surface area contributed by atoms with Crippen molar-refractivity contribution in [3.63, 3.8) is 0 Å². The summed E-state index contributed by atoms with van der Waals surface area (Å²) in [5, 5.41) is 7.70. The first kappa shape index (κ1) is 14.5. The predicted molar refractivity (Wildman–Crippen MR) is 75.3 cm³/mol. The fourth-order valence-electron chi connectivity index (χ4n) is 1.61. The first-order valence-corrected chi connectivity index (χ1v) is 6.09. The highest BCUT2D eigenvalue weighted by molar-refractivity contribution is 5.83. The summed E-state index contributed by atoms with van der Waals surface area (Å²) < 4.78 is 11.7. The second-order valence-corrected chi connectivity index (χ2v) is 4.00. The van der Waals surface area contributed by atoms with E-state index in [1.54, 1.807) is 32.4 Å². The summed E-state index contributed by atoms with van der Waals surface area (Å²) in [5.74, 6) is 0.928. The van der Waals surface area contributed by atoms with Gasteiger partial charge in [-0.15, -0.1) is 0 Å². The molecule has 0 bridgehead atoms. The van der Waals surface area contributed by atoms with E-state index in [1.807, 2.05) is 0 Å². The molecule has 0 aliphatic rings. The number of nitrogens with zero attached hydrogens (tertiary/aromatic N) is 4. The van der Waals surface area contributed by atoms with Crippen molar-refractivity contribution in [3.8, 4) is 11.5 Å². The molecular weight excluding hydrogens is 274 g/mol. The third kappa shape index (κ3) is 4.03. The van der Waals surface area contributed by atoms with Crippen molar-refractivity contribution >= 4 is 12.1 Å². The summed E-state index contributed by atoms with van der Waals surface area (Å²) in [4.78, 5) is 15.3. The largest absolute Gasteiger partial charge is 0.493 e. The van der Waals surface area contributed by atoms with Crippen LogP contribution in [-0.2, 0) is 11.3 Å². The Bertz CT molecular complexity index is 625. The number of aromatic nitrogens is 3. The number of methoxy groups -OCH3 is 2. The SMILES string of the molecule is COc1ccc(C=NNC(=O)Cn2cncn2)cc1OC. The Morgan fingerprint density at radius 3 is 2.86 bits per heavy atom. The number of amides is 1. The summed E-state index contributed by atoms with van der Waals surface area (Å²) in [7, 11) is 3.12. The van der Waals surface area contributed by atoms with Crippen LogP contribution in [0.4, 0.5) is 0 Å². The Hall–Kier alpha value is -2.90. The van der Waals surface area contributed by atoms with Gasteiger partial charge in [-0.2, -0.15) is 10.2 Å². The van der Waals surface area contributed by atoms with Crippen molar-refractivity contribution in [1.29, 1.82) is 0 Å². The fraction of sp³-hybridized carbons (Fsp3) is 0.231. The molecular formula is C13H15N5O3. The van der Waals surface area contributed by atoms with Crippen LogP contribution in [0.15, 0.2) is 36.0 Å². The molecule has 0 aliphatic heterocycles. The van der Waals surface area contributed by atoms with Crippen LogP contribution in [0.5, 0.6) is 11.5 Å². The minimum Gasteiger partial charge on any atom is -0.493 e. The number of carbonyl (C=O) groups excluding carboxylic acids is 1. The normalized spacial score (nSPS) is 10.6. The maximum Gasteiger partial charge on any atom is 0.261 e. The van der Waals surface area contributed by atoms with Gasteiger partial charge in [0.2, 0.25) is 0 Å². The number of hydrazone groups is 1. The van der Waals surface area contributed by atoms with Gasteiger partial charge in [0, 0.05) is 0 Å². The highest BCUT2D eigenvalue weighted by Crippen LogP contribution is 2.26. The maximum atomic E-state index is 11.6. The molecule has 0 atom stereocenters. The topological polar surface area (TPSA) is 90.6 Å². The van der Waals surface area contributed by atoms with Gasteiger partial charge in [0.05, 0.1) is 20.4 Å². The monoisotopic (exact) mass is 289 g/mol. The summed E-state index contributed by atoms with van der Waals surface area (Å²) in [6.45, 7) is 0.0588. The van der Waals surface area contributed by atoms with E-state index < -0.39 is 0 Å². The highest BCUT2D eigenvalue weighted by atomic mass is 16.5. The van der Waals surface area contributed by atoms with Crippen molar-refractivity contribution in [2.45, 2.75) is 6.54 Å². The van der Waals surface area contributed by atoms with Crippen LogP contribution >= 0.6 is 0 Å². The van der Waals surface area contributed by atoms with E-state index in [2.05, 4.69) is 20.6 Å². The summed E-state index contributed by atoms with van der Waals surface area (Å²) in [6, 6.07) is 5.32. The third-order valence-electron chi connectivity index (χ3n) is 2.58. The number of benzene rings is 1. The molecule has 21 heavy (non-hydrogen) atoms. The van der Waals surface area contributed by atoms with Gasteiger partial charge in [-0.25, -0.2) is 15.1 Å². The third-order valence-corrected chi connectivity index (χ3v) is 2.58. The Balaban J connectivity index is 1.93. The van der Waals surface area contributed by atoms with E-state index in [4.69, 9.17) is 9.47 Å². The maximum absolute atomic E-state index is 11.6. The quantitative estimate of drug-likeness (QED) is 0.615. The van der Waals surface area contributed by atoms with Crippen LogP contribution in [0, 0.1) is 0 Å². The molecule has 0 unspecified atom stereocenters. The van der Waals surface area contributed by atoms with Gasteiger partial charge in [0.25, 0.3) is 5.91 Å². The van der Waals surface area contributed by atoms with Crippen molar-refractivity contribution in [1.82, 2.24) is 20.2 Å². The Labute approximate surface area is 121 Å². The molecule has 8 nitrogen and oxygen atoms in total. The Kier molecular flexibility index (Phi) is 4.86. The minimum absolute atomic E-state index is 0.0588. The molecule has 1 N–H and O–H groups in total. The molecule has 1 aromatic heterocycles. The first-order valence-electron chi connectivity index (χ1n) is 6.09. The predicted octanol–water partition coefficient (Wildman–Crippen LogP) is 0.446. The minimum atomic E-state index is -0.294. The van der Waals surface area contributed by atoms with Gasteiger partial charge in [0.1, 0.15) is 19.2 Å². The number of carbonyl (C=O) groups is 1.